The highest BCUT2D eigenvalue weighted by Crippen LogP contribution is 2.35. The molecule has 0 spiro atoms. The lowest BCUT2D eigenvalue weighted by atomic mass is 10.3. The molecule has 8 nitrogen and oxygen atoms in total. The van der Waals surface area contributed by atoms with E-state index in [1.165, 1.54) is 10.9 Å². The van der Waals surface area contributed by atoms with Gasteiger partial charge in [-0.2, -0.15) is 0 Å². The number of amides is 1. The minimum atomic E-state index is -0.773. The van der Waals surface area contributed by atoms with Crippen molar-refractivity contribution in [1.82, 2.24) is 14.5 Å². The summed E-state index contributed by atoms with van der Waals surface area (Å²) in [6.45, 7) is 3.75. The summed E-state index contributed by atoms with van der Waals surface area (Å²) in [5.41, 5.74) is 5.01. The molecule has 0 saturated heterocycles. The van der Waals surface area contributed by atoms with Crippen LogP contribution in [0.3, 0.4) is 0 Å². The zero-order chi connectivity index (χ0) is 22.5. The van der Waals surface area contributed by atoms with Gasteiger partial charge in [0.15, 0.2) is 5.75 Å². The van der Waals surface area contributed by atoms with Crippen LogP contribution in [0.25, 0.3) is 0 Å². The number of aromatic nitrogens is 2. The van der Waals surface area contributed by atoms with Gasteiger partial charge in [-0.3, -0.25) is 9.36 Å². The first-order chi connectivity index (χ1) is 14.3. The number of ether oxygens (including phenoxy) is 1. The standard InChI is InChI=1S/C15H16Cl3N3O2.C4H9NO2/c1-2-4-20(15(22)21-5-3-19-10-21)6-7-23-14-12(17)8-11(16)9-13(14)18;5-3-1-2-4(6)7/h3,5,8-10H,2,4,6-7H2,1H3;1-3,5H2,(H,6,7). The molecule has 1 amide bonds. The molecule has 2 rings (SSSR count). The zero-order valence-corrected chi connectivity index (χ0v) is 18.8. The zero-order valence-electron chi connectivity index (χ0n) is 16.6. The van der Waals surface area contributed by atoms with E-state index in [-0.39, 0.29) is 19.1 Å². The molecule has 1 heterocycles. The number of halogens is 3. The highest BCUT2D eigenvalue weighted by molar-refractivity contribution is 6.40. The molecule has 0 atom stereocenters. The summed E-state index contributed by atoms with van der Waals surface area (Å²) in [6, 6.07) is 2.97. The normalized spacial score (nSPS) is 10.2. The summed E-state index contributed by atoms with van der Waals surface area (Å²) in [5, 5.41) is 9.11. The quantitative estimate of drug-likeness (QED) is 0.551. The molecule has 11 heteroatoms. The molecule has 1 aromatic carbocycles. The third-order valence-corrected chi connectivity index (χ3v) is 4.43. The Balaban J connectivity index is 0.000000553. The van der Waals surface area contributed by atoms with Crippen molar-refractivity contribution in [2.24, 2.45) is 5.73 Å². The number of carbonyl (C=O) groups is 2. The smallest absolute Gasteiger partial charge is 0.329 e. The van der Waals surface area contributed by atoms with E-state index in [1.807, 2.05) is 6.92 Å². The number of nitrogens with zero attached hydrogens (tertiary/aromatic N) is 3. The van der Waals surface area contributed by atoms with E-state index in [0.717, 1.165) is 6.42 Å². The lowest BCUT2D eigenvalue weighted by Crippen LogP contribution is -2.37. The summed E-state index contributed by atoms with van der Waals surface area (Å²) < 4.78 is 7.05. The predicted octanol–water partition coefficient (Wildman–Crippen LogP) is 4.41. The lowest BCUT2D eigenvalue weighted by Gasteiger charge is -2.22. The van der Waals surface area contributed by atoms with E-state index in [9.17, 15) is 9.59 Å². The van der Waals surface area contributed by atoms with Crippen molar-refractivity contribution in [1.29, 1.82) is 0 Å². The van der Waals surface area contributed by atoms with Crippen molar-refractivity contribution in [3.8, 4) is 5.75 Å². The van der Waals surface area contributed by atoms with Crippen molar-refractivity contribution in [3.05, 3.63) is 45.9 Å². The molecular weight excluding hydrogens is 455 g/mol. The molecule has 0 aliphatic carbocycles. The van der Waals surface area contributed by atoms with Crippen LogP contribution >= 0.6 is 34.8 Å². The summed E-state index contributed by atoms with van der Waals surface area (Å²) in [5.74, 6) is -0.408. The number of carbonyl (C=O) groups excluding carboxylic acids is 1. The topological polar surface area (TPSA) is 111 Å². The molecule has 2 aromatic rings. The lowest BCUT2D eigenvalue weighted by molar-refractivity contribution is -0.137. The van der Waals surface area contributed by atoms with Gasteiger partial charge in [0.2, 0.25) is 0 Å². The number of hydrogen-bond donors (Lipinski definition) is 2. The van der Waals surface area contributed by atoms with Gasteiger partial charge in [0.25, 0.3) is 0 Å². The van der Waals surface area contributed by atoms with Gasteiger partial charge in [-0.1, -0.05) is 41.7 Å². The second kappa shape index (κ2) is 14.1. The molecule has 0 unspecified atom stereocenters. The van der Waals surface area contributed by atoms with Crippen LogP contribution in [0.2, 0.25) is 15.1 Å². The Hall–Kier alpha value is -2.00. The van der Waals surface area contributed by atoms with Crippen molar-refractivity contribution in [3.63, 3.8) is 0 Å². The first-order valence-electron chi connectivity index (χ1n) is 9.26. The van der Waals surface area contributed by atoms with E-state index in [2.05, 4.69) is 4.98 Å². The van der Waals surface area contributed by atoms with E-state index in [4.69, 9.17) is 50.4 Å². The van der Waals surface area contributed by atoms with Gasteiger partial charge in [-0.25, -0.2) is 9.78 Å². The van der Waals surface area contributed by atoms with E-state index >= 15 is 0 Å². The Kier molecular flexibility index (Phi) is 12.2. The molecule has 0 fully saturated rings. The van der Waals surface area contributed by atoms with Crippen LogP contribution in [0.4, 0.5) is 4.79 Å². The maximum absolute atomic E-state index is 12.3. The summed E-state index contributed by atoms with van der Waals surface area (Å²) >= 11 is 18.0. The van der Waals surface area contributed by atoms with Crippen molar-refractivity contribution in [2.45, 2.75) is 26.2 Å². The average Bonchev–Trinajstić information content (AvgIpc) is 3.22. The van der Waals surface area contributed by atoms with Crippen molar-refractivity contribution in [2.75, 3.05) is 26.2 Å². The Labute approximate surface area is 190 Å². The first-order valence-corrected chi connectivity index (χ1v) is 10.4. The highest BCUT2D eigenvalue weighted by Gasteiger charge is 2.15. The Morgan fingerprint density at radius 1 is 1.23 bits per heavy atom. The van der Waals surface area contributed by atoms with Crippen LogP contribution in [0.15, 0.2) is 30.9 Å². The second-order valence-electron chi connectivity index (χ2n) is 6.07. The van der Waals surface area contributed by atoms with Crippen LogP contribution in [0.5, 0.6) is 5.75 Å². The van der Waals surface area contributed by atoms with Gasteiger partial charge in [-0.15, -0.1) is 0 Å². The SMILES string of the molecule is CCCN(CCOc1c(Cl)cc(Cl)cc1Cl)C(=O)n1ccnc1.NCCCC(=O)O. The molecule has 0 bridgehead atoms. The Morgan fingerprint density at radius 2 is 1.90 bits per heavy atom. The highest BCUT2D eigenvalue weighted by atomic mass is 35.5. The average molecular weight is 480 g/mol. The third-order valence-electron chi connectivity index (χ3n) is 3.65. The first kappa shape index (κ1) is 26.0. The van der Waals surface area contributed by atoms with Gasteiger partial charge in [0, 0.05) is 30.4 Å². The molecule has 0 aliphatic rings. The fourth-order valence-corrected chi connectivity index (χ4v) is 3.21. The Morgan fingerprint density at radius 3 is 2.37 bits per heavy atom. The Bertz CT molecular complexity index is 780. The van der Waals surface area contributed by atoms with Gasteiger partial charge in [-0.05, 0) is 31.5 Å². The number of imidazole rings is 1. The van der Waals surface area contributed by atoms with E-state index in [1.54, 1.807) is 29.4 Å². The number of benzene rings is 1. The van der Waals surface area contributed by atoms with Crippen molar-refractivity contribution >= 4 is 46.8 Å². The number of carboxylic acid groups (broad SMARTS) is 1. The molecule has 30 heavy (non-hydrogen) atoms. The molecular formula is C19H25Cl3N4O4. The van der Waals surface area contributed by atoms with Crippen molar-refractivity contribution < 1.29 is 19.4 Å². The third kappa shape index (κ3) is 9.21. The molecule has 3 N–H and O–H groups in total. The number of aliphatic carboxylic acids is 1. The van der Waals surface area contributed by atoms with Crippen LogP contribution in [-0.2, 0) is 4.79 Å². The molecule has 1 aromatic heterocycles. The molecule has 0 aliphatic heterocycles. The minimum Gasteiger partial charge on any atom is -0.489 e. The van der Waals surface area contributed by atoms with Gasteiger partial charge >= 0.3 is 12.0 Å². The van der Waals surface area contributed by atoms with Crippen LogP contribution in [0.1, 0.15) is 26.2 Å². The van der Waals surface area contributed by atoms with Crippen LogP contribution in [0, 0.1) is 0 Å². The summed E-state index contributed by atoms with van der Waals surface area (Å²) in [4.78, 5) is 27.6. The minimum absolute atomic E-state index is 0.152. The monoisotopic (exact) mass is 478 g/mol. The summed E-state index contributed by atoms with van der Waals surface area (Å²) in [6.07, 6.45) is 6.25. The fraction of sp³-hybridized carbons (Fsp3) is 0.421. The maximum Gasteiger partial charge on any atom is 0.329 e. The number of carboxylic acids is 1. The largest absolute Gasteiger partial charge is 0.489 e. The van der Waals surface area contributed by atoms with Gasteiger partial charge in [0.05, 0.1) is 16.6 Å². The number of hydrogen-bond acceptors (Lipinski definition) is 5. The second-order valence-corrected chi connectivity index (χ2v) is 7.32. The molecule has 0 radical (unpaired) electrons. The van der Waals surface area contributed by atoms with Gasteiger partial charge < -0.3 is 20.5 Å². The number of nitrogens with two attached hydrogens (primary N) is 1. The van der Waals surface area contributed by atoms with Crippen LogP contribution < -0.4 is 10.5 Å². The van der Waals surface area contributed by atoms with Gasteiger partial charge in [0.1, 0.15) is 12.9 Å². The van der Waals surface area contributed by atoms with Crippen LogP contribution in [-0.4, -0.2) is 57.8 Å². The molecule has 166 valence electrons. The molecule has 0 saturated carbocycles. The predicted molar refractivity (Wildman–Crippen MR) is 118 cm³/mol. The number of rotatable bonds is 9. The maximum atomic E-state index is 12.3. The van der Waals surface area contributed by atoms with E-state index in [0.29, 0.717) is 46.9 Å². The van der Waals surface area contributed by atoms with E-state index < -0.39 is 5.97 Å². The fourth-order valence-electron chi connectivity index (χ4n) is 2.29. The summed E-state index contributed by atoms with van der Waals surface area (Å²) in [7, 11) is 0.